The molecule has 242 valence electrons. The van der Waals surface area contributed by atoms with Gasteiger partial charge in [-0.1, -0.05) is 48.5 Å². The van der Waals surface area contributed by atoms with Gasteiger partial charge in [-0.2, -0.15) is 36.9 Å². The minimum Gasteiger partial charge on any atom is -0.309 e. The fraction of sp³-hybridized carbons (Fsp3) is 0.0500. The second-order valence-electron chi connectivity index (χ2n) is 11.8. The molecule has 50 heavy (non-hydrogen) atoms. The van der Waals surface area contributed by atoms with Crippen molar-refractivity contribution in [3.63, 3.8) is 0 Å². The monoisotopic (exact) mass is 670 g/mol. The zero-order valence-electron chi connectivity index (χ0n) is 25.6. The molecule has 0 unspecified atom stereocenters. The van der Waals surface area contributed by atoms with Crippen LogP contribution in [0.3, 0.4) is 0 Å². The van der Waals surface area contributed by atoms with Crippen molar-refractivity contribution in [2.45, 2.75) is 12.4 Å². The Hall–Kier alpha value is -6.52. The van der Waals surface area contributed by atoms with E-state index >= 15 is 0 Å². The summed E-state index contributed by atoms with van der Waals surface area (Å²) in [6, 6.07) is 34.7. The number of nitriles is 2. The molecule has 0 amide bonds. The van der Waals surface area contributed by atoms with Crippen molar-refractivity contribution in [3.05, 3.63) is 144 Å². The van der Waals surface area contributed by atoms with E-state index < -0.39 is 34.6 Å². The average molecular weight is 671 g/mol. The van der Waals surface area contributed by atoms with Gasteiger partial charge in [0, 0.05) is 32.9 Å². The van der Waals surface area contributed by atoms with Crippen LogP contribution in [-0.4, -0.2) is 9.13 Å². The fourth-order valence-electron chi connectivity index (χ4n) is 6.92. The molecule has 8 rings (SSSR count). The van der Waals surface area contributed by atoms with E-state index in [1.54, 1.807) is 81.9 Å². The van der Waals surface area contributed by atoms with Crippen LogP contribution < -0.4 is 0 Å². The van der Waals surface area contributed by atoms with Gasteiger partial charge >= 0.3 is 12.4 Å². The Morgan fingerprint density at radius 2 is 0.800 bits per heavy atom. The predicted octanol–water partition coefficient (Wildman–Crippen LogP) is 11.3. The van der Waals surface area contributed by atoms with E-state index in [1.807, 2.05) is 12.1 Å². The molecule has 10 heteroatoms. The molecule has 2 aromatic heterocycles. The van der Waals surface area contributed by atoms with E-state index in [-0.39, 0.29) is 11.4 Å². The Labute approximate surface area is 279 Å². The number of alkyl halides is 6. The second-order valence-corrected chi connectivity index (χ2v) is 11.8. The van der Waals surface area contributed by atoms with Crippen LogP contribution in [0.25, 0.3) is 66.1 Å². The normalized spacial score (nSPS) is 12.2. The molecular formula is C40H20F6N4. The van der Waals surface area contributed by atoms with Gasteiger partial charge in [-0.15, -0.1) is 0 Å². The van der Waals surface area contributed by atoms with Crippen LogP contribution >= 0.6 is 0 Å². The molecule has 0 fully saturated rings. The van der Waals surface area contributed by atoms with Crippen LogP contribution in [0.4, 0.5) is 26.3 Å². The summed E-state index contributed by atoms with van der Waals surface area (Å²) in [5.74, 6) is 0. The molecule has 0 saturated heterocycles. The van der Waals surface area contributed by atoms with Crippen molar-refractivity contribution in [2.75, 3.05) is 0 Å². The molecule has 4 nitrogen and oxygen atoms in total. The Bertz CT molecular complexity index is 2580. The number of benzene rings is 6. The number of aromatic nitrogens is 2. The maximum Gasteiger partial charge on any atom is 0.417 e. The number of nitrogens with zero attached hydrogens (tertiary/aromatic N) is 4. The molecule has 0 spiro atoms. The Morgan fingerprint density at radius 3 is 1.18 bits per heavy atom. The molecule has 2 heterocycles. The van der Waals surface area contributed by atoms with Crippen molar-refractivity contribution in [1.29, 1.82) is 10.5 Å². The van der Waals surface area contributed by atoms with Crippen molar-refractivity contribution < 1.29 is 26.3 Å². The van der Waals surface area contributed by atoms with E-state index in [0.717, 1.165) is 45.8 Å². The zero-order valence-corrected chi connectivity index (χ0v) is 25.6. The maximum atomic E-state index is 14.8. The van der Waals surface area contributed by atoms with Crippen molar-refractivity contribution in [1.82, 2.24) is 9.13 Å². The summed E-state index contributed by atoms with van der Waals surface area (Å²) in [4.78, 5) is 0. The third-order valence-electron chi connectivity index (χ3n) is 9.03. The van der Waals surface area contributed by atoms with Crippen LogP contribution in [0, 0.1) is 22.7 Å². The first-order chi connectivity index (χ1) is 24.0. The first-order valence-electron chi connectivity index (χ1n) is 15.3. The van der Waals surface area contributed by atoms with Crippen LogP contribution in [0.2, 0.25) is 0 Å². The number of hydrogen-bond donors (Lipinski definition) is 0. The van der Waals surface area contributed by atoms with E-state index in [0.29, 0.717) is 33.2 Å². The lowest BCUT2D eigenvalue weighted by Crippen LogP contribution is -2.12. The van der Waals surface area contributed by atoms with E-state index in [1.165, 1.54) is 12.1 Å². The molecule has 0 aliphatic carbocycles. The molecule has 0 bridgehead atoms. The summed E-state index contributed by atoms with van der Waals surface area (Å²) in [5, 5.41) is 22.2. The number of halogens is 6. The first-order valence-corrected chi connectivity index (χ1v) is 15.3. The summed E-state index contributed by atoms with van der Waals surface area (Å²) < 4.78 is 91.8. The quantitative estimate of drug-likeness (QED) is 0.176. The van der Waals surface area contributed by atoms with Crippen molar-refractivity contribution in [2.24, 2.45) is 0 Å². The Kier molecular flexibility index (Phi) is 6.78. The molecule has 8 aromatic rings. The molecule has 0 aliphatic rings. The van der Waals surface area contributed by atoms with Crippen LogP contribution in [0.15, 0.2) is 121 Å². The lowest BCUT2D eigenvalue weighted by Gasteiger charge is -2.21. The van der Waals surface area contributed by atoms with Gasteiger partial charge in [0.15, 0.2) is 0 Å². The second kappa shape index (κ2) is 11.0. The summed E-state index contributed by atoms with van der Waals surface area (Å²) in [5.41, 5.74) is -0.579. The van der Waals surface area contributed by atoms with E-state index in [4.69, 9.17) is 0 Å². The lowest BCUT2D eigenvalue weighted by atomic mass is 9.93. The standard InChI is InChI=1S/C40H20F6N4/c41-39(42,43)33-15-11-25(49-35-7-3-1-5-27(35)29-13-9-23(21-47)17-37(29)49)19-31(33)32-20-26(12-16-34(32)40(44,45)46)50-36-8-4-2-6-28(36)30-14-10-24(22-48)18-38(30)50/h1-20H. The minimum atomic E-state index is -5.00. The van der Waals surface area contributed by atoms with Gasteiger partial charge in [0.25, 0.3) is 0 Å². The summed E-state index contributed by atoms with van der Waals surface area (Å²) in [6.07, 6.45) is -10.0. The highest BCUT2D eigenvalue weighted by Crippen LogP contribution is 2.46. The van der Waals surface area contributed by atoms with E-state index in [9.17, 15) is 36.9 Å². The average Bonchev–Trinajstić information content (AvgIpc) is 3.62. The molecule has 0 saturated carbocycles. The third kappa shape index (κ3) is 4.76. The fourth-order valence-corrected chi connectivity index (χ4v) is 6.92. The first kappa shape index (κ1) is 30.8. The molecular weight excluding hydrogens is 650 g/mol. The van der Waals surface area contributed by atoms with Crippen LogP contribution in [-0.2, 0) is 12.4 Å². The predicted molar refractivity (Wildman–Crippen MR) is 180 cm³/mol. The summed E-state index contributed by atoms with van der Waals surface area (Å²) in [7, 11) is 0. The minimum absolute atomic E-state index is 0.184. The van der Waals surface area contributed by atoms with Gasteiger partial charge < -0.3 is 9.13 Å². The molecule has 0 atom stereocenters. The van der Waals surface area contributed by atoms with Crippen molar-refractivity contribution in [3.8, 4) is 34.6 Å². The highest BCUT2D eigenvalue weighted by atomic mass is 19.4. The Balaban J connectivity index is 1.46. The number of rotatable bonds is 3. The molecule has 0 N–H and O–H groups in total. The number of para-hydroxylation sites is 2. The van der Waals surface area contributed by atoms with Gasteiger partial charge in [-0.05, 0) is 83.9 Å². The summed E-state index contributed by atoms with van der Waals surface area (Å²) in [6.45, 7) is 0. The third-order valence-corrected chi connectivity index (χ3v) is 9.03. The highest BCUT2D eigenvalue weighted by Gasteiger charge is 2.39. The smallest absolute Gasteiger partial charge is 0.309 e. The topological polar surface area (TPSA) is 57.4 Å². The van der Waals surface area contributed by atoms with E-state index in [2.05, 4.69) is 12.1 Å². The molecule has 0 aliphatic heterocycles. The Morgan fingerprint density at radius 1 is 0.420 bits per heavy atom. The molecule has 6 aromatic carbocycles. The van der Waals surface area contributed by atoms with Crippen LogP contribution in [0.5, 0.6) is 0 Å². The van der Waals surface area contributed by atoms with Gasteiger partial charge in [-0.3, -0.25) is 0 Å². The van der Waals surface area contributed by atoms with Crippen LogP contribution in [0.1, 0.15) is 22.3 Å². The largest absolute Gasteiger partial charge is 0.417 e. The maximum absolute atomic E-state index is 14.8. The summed E-state index contributed by atoms with van der Waals surface area (Å²) >= 11 is 0. The number of fused-ring (bicyclic) bond motifs is 6. The molecule has 0 radical (unpaired) electrons. The van der Waals surface area contributed by atoms with Crippen molar-refractivity contribution >= 4 is 43.6 Å². The van der Waals surface area contributed by atoms with Gasteiger partial charge in [0.2, 0.25) is 0 Å². The highest BCUT2D eigenvalue weighted by molar-refractivity contribution is 6.10. The SMILES string of the molecule is N#Cc1ccc2c3ccccc3n(-c3ccc(C(F)(F)F)c(-c4cc(-n5c6ccccc6c6ccc(C#N)cc65)ccc4C(F)(F)F)c3)c2c1. The van der Waals surface area contributed by atoms with Gasteiger partial charge in [0.05, 0.1) is 56.5 Å². The lowest BCUT2D eigenvalue weighted by molar-refractivity contribution is -0.139. The van der Waals surface area contributed by atoms with Gasteiger partial charge in [0.1, 0.15) is 0 Å². The van der Waals surface area contributed by atoms with Gasteiger partial charge in [-0.25, -0.2) is 0 Å². The number of hydrogen-bond acceptors (Lipinski definition) is 2. The zero-order chi connectivity index (χ0) is 34.9.